The Morgan fingerprint density at radius 3 is 2.45 bits per heavy atom. The fourth-order valence-electron chi connectivity index (χ4n) is 3.25. The average Bonchev–Trinajstić information content (AvgIpc) is 2.57. The largest absolute Gasteiger partial charge is 0.495 e. The molecule has 0 unspecified atom stereocenters. The van der Waals surface area contributed by atoms with Crippen LogP contribution in [0.1, 0.15) is 5.56 Å². The second kappa shape index (κ2) is 7.31. The first kappa shape index (κ1) is 15.6. The maximum Gasteiger partial charge on any atom is 0.142 e. The zero-order valence-corrected chi connectivity index (χ0v) is 13.8. The van der Waals surface area contributed by atoms with Crippen LogP contribution in [0.5, 0.6) is 5.75 Å². The Hall–Kier alpha value is -1.30. The summed E-state index contributed by atoms with van der Waals surface area (Å²) in [4.78, 5) is 7.33. The van der Waals surface area contributed by atoms with E-state index in [1.54, 1.807) is 7.11 Å². The smallest absolute Gasteiger partial charge is 0.142 e. The minimum atomic E-state index is 1.01. The molecule has 2 saturated heterocycles. The Morgan fingerprint density at radius 2 is 1.77 bits per heavy atom. The number of nitrogens with one attached hydrogen (secondary N) is 1. The summed E-state index contributed by atoms with van der Waals surface area (Å²) < 4.78 is 5.66. The molecule has 0 atom stereocenters. The lowest BCUT2D eigenvalue weighted by atomic mass is 10.1. The van der Waals surface area contributed by atoms with E-state index in [2.05, 4.69) is 45.3 Å². The lowest BCUT2D eigenvalue weighted by molar-refractivity contribution is 0.148. The number of methoxy groups -OCH3 is 1. The van der Waals surface area contributed by atoms with E-state index >= 15 is 0 Å². The number of ether oxygens (including phenoxy) is 1. The molecule has 0 radical (unpaired) electrons. The number of hydrogen-bond acceptors (Lipinski definition) is 5. The second-order valence-corrected chi connectivity index (χ2v) is 6.32. The van der Waals surface area contributed by atoms with Gasteiger partial charge >= 0.3 is 0 Å². The highest BCUT2D eigenvalue weighted by Crippen LogP contribution is 2.30. The van der Waals surface area contributed by atoms with E-state index in [4.69, 9.17) is 4.74 Å². The van der Waals surface area contributed by atoms with Crippen LogP contribution >= 0.6 is 0 Å². The number of likely N-dealkylation sites (N-methyl/N-ethyl adjacent to an activating group) is 1. The summed E-state index contributed by atoms with van der Waals surface area (Å²) >= 11 is 0. The van der Waals surface area contributed by atoms with Crippen molar-refractivity contribution in [3.8, 4) is 5.75 Å². The Morgan fingerprint density at radius 1 is 1.05 bits per heavy atom. The van der Waals surface area contributed by atoms with Gasteiger partial charge in [0.2, 0.25) is 0 Å². The van der Waals surface area contributed by atoms with Gasteiger partial charge in [0.1, 0.15) is 5.75 Å². The predicted octanol–water partition coefficient (Wildman–Crippen LogP) is 0.852. The molecule has 122 valence electrons. The van der Waals surface area contributed by atoms with Crippen LogP contribution in [0.25, 0.3) is 0 Å². The first-order valence-electron chi connectivity index (χ1n) is 8.30. The number of rotatable bonds is 4. The lowest BCUT2D eigenvalue weighted by Crippen LogP contribution is -2.44. The maximum absolute atomic E-state index is 5.66. The molecule has 1 aromatic carbocycles. The van der Waals surface area contributed by atoms with Crippen molar-refractivity contribution in [3.05, 3.63) is 23.8 Å². The fraction of sp³-hybridized carbons (Fsp3) is 0.647. The van der Waals surface area contributed by atoms with Gasteiger partial charge in [0.05, 0.1) is 12.8 Å². The zero-order chi connectivity index (χ0) is 15.4. The highest BCUT2D eigenvalue weighted by molar-refractivity contribution is 5.60. The van der Waals surface area contributed by atoms with Crippen LogP contribution in [0.15, 0.2) is 18.2 Å². The van der Waals surface area contributed by atoms with Crippen LogP contribution in [0.3, 0.4) is 0 Å². The van der Waals surface area contributed by atoms with Gasteiger partial charge in [-0.1, -0.05) is 6.07 Å². The third kappa shape index (κ3) is 3.72. The molecular weight excluding hydrogens is 276 g/mol. The molecule has 0 spiro atoms. The first-order chi connectivity index (χ1) is 10.8. The Labute approximate surface area is 133 Å². The highest BCUT2D eigenvalue weighted by atomic mass is 16.5. The van der Waals surface area contributed by atoms with E-state index < -0.39 is 0 Å². The zero-order valence-electron chi connectivity index (χ0n) is 13.8. The van der Waals surface area contributed by atoms with Crippen molar-refractivity contribution in [2.45, 2.75) is 6.54 Å². The number of piperazine rings is 2. The molecule has 0 aliphatic carbocycles. The van der Waals surface area contributed by atoms with Crippen molar-refractivity contribution in [2.24, 2.45) is 0 Å². The van der Waals surface area contributed by atoms with Gasteiger partial charge in [-0.25, -0.2) is 0 Å². The van der Waals surface area contributed by atoms with Gasteiger partial charge in [-0.2, -0.15) is 0 Å². The molecule has 0 amide bonds. The summed E-state index contributed by atoms with van der Waals surface area (Å²) in [5.74, 6) is 1.01. The molecule has 5 heteroatoms. The Balaban J connectivity index is 1.68. The van der Waals surface area contributed by atoms with Crippen LogP contribution in [-0.2, 0) is 6.54 Å². The third-order valence-electron chi connectivity index (χ3n) is 4.70. The van der Waals surface area contributed by atoms with Crippen LogP contribution in [-0.4, -0.2) is 76.3 Å². The van der Waals surface area contributed by atoms with E-state index in [0.29, 0.717) is 0 Å². The second-order valence-electron chi connectivity index (χ2n) is 6.32. The molecule has 2 aliphatic heterocycles. The monoisotopic (exact) mass is 304 g/mol. The summed E-state index contributed by atoms with van der Waals surface area (Å²) in [5.41, 5.74) is 2.58. The molecule has 2 heterocycles. The van der Waals surface area contributed by atoms with E-state index in [1.807, 2.05) is 0 Å². The van der Waals surface area contributed by atoms with Gasteiger partial charge in [-0.15, -0.1) is 0 Å². The van der Waals surface area contributed by atoms with Crippen LogP contribution in [0.4, 0.5) is 5.69 Å². The average molecular weight is 304 g/mol. The van der Waals surface area contributed by atoms with Gasteiger partial charge in [0.25, 0.3) is 0 Å². The van der Waals surface area contributed by atoms with Gasteiger partial charge in [-0.05, 0) is 24.7 Å². The predicted molar refractivity (Wildman–Crippen MR) is 90.9 cm³/mol. The summed E-state index contributed by atoms with van der Waals surface area (Å²) in [6, 6.07) is 6.71. The van der Waals surface area contributed by atoms with Crippen LogP contribution < -0.4 is 15.0 Å². The number of nitrogens with zero attached hydrogens (tertiary/aromatic N) is 3. The van der Waals surface area contributed by atoms with E-state index in [1.165, 1.54) is 11.3 Å². The first-order valence-corrected chi connectivity index (χ1v) is 8.30. The van der Waals surface area contributed by atoms with E-state index in [0.717, 1.165) is 64.7 Å². The summed E-state index contributed by atoms with van der Waals surface area (Å²) in [6.45, 7) is 9.84. The Bertz CT molecular complexity index is 480. The third-order valence-corrected chi connectivity index (χ3v) is 4.70. The molecule has 1 aromatic rings. The topological polar surface area (TPSA) is 31.0 Å². The van der Waals surface area contributed by atoms with Crippen LogP contribution in [0.2, 0.25) is 0 Å². The number of hydrogen-bond donors (Lipinski definition) is 1. The van der Waals surface area contributed by atoms with Gasteiger partial charge in [0.15, 0.2) is 0 Å². The van der Waals surface area contributed by atoms with Crippen molar-refractivity contribution < 1.29 is 4.74 Å². The number of benzene rings is 1. The molecule has 0 aromatic heterocycles. The van der Waals surface area contributed by atoms with Gasteiger partial charge in [-0.3, -0.25) is 4.90 Å². The number of anilines is 1. The summed E-state index contributed by atoms with van der Waals surface area (Å²) in [6.07, 6.45) is 0. The lowest BCUT2D eigenvalue weighted by Gasteiger charge is -2.33. The molecule has 5 nitrogen and oxygen atoms in total. The van der Waals surface area contributed by atoms with Crippen molar-refractivity contribution >= 4 is 5.69 Å². The molecule has 1 N–H and O–H groups in total. The molecule has 2 fully saturated rings. The van der Waals surface area contributed by atoms with Crippen LogP contribution in [0, 0.1) is 0 Å². The SMILES string of the molecule is COc1cc(CN2CCN(C)CC2)ccc1N1CCNCC1. The van der Waals surface area contributed by atoms with Crippen molar-refractivity contribution in [3.63, 3.8) is 0 Å². The molecule has 0 bridgehead atoms. The maximum atomic E-state index is 5.66. The van der Waals surface area contributed by atoms with Crippen molar-refractivity contribution in [2.75, 3.05) is 71.4 Å². The normalized spacial score (nSPS) is 21.1. The van der Waals surface area contributed by atoms with E-state index in [-0.39, 0.29) is 0 Å². The minimum Gasteiger partial charge on any atom is -0.495 e. The molecule has 22 heavy (non-hydrogen) atoms. The molecule has 3 rings (SSSR count). The van der Waals surface area contributed by atoms with Gasteiger partial charge in [0, 0.05) is 58.9 Å². The Kier molecular flexibility index (Phi) is 5.18. The molecular formula is C17H28N4O. The molecule has 2 aliphatic rings. The molecule has 0 saturated carbocycles. The van der Waals surface area contributed by atoms with Crippen molar-refractivity contribution in [1.29, 1.82) is 0 Å². The highest BCUT2D eigenvalue weighted by Gasteiger charge is 2.17. The van der Waals surface area contributed by atoms with E-state index in [9.17, 15) is 0 Å². The summed E-state index contributed by atoms with van der Waals surface area (Å²) in [5, 5.41) is 3.40. The van der Waals surface area contributed by atoms with Crippen molar-refractivity contribution in [1.82, 2.24) is 15.1 Å². The van der Waals surface area contributed by atoms with Gasteiger partial charge < -0.3 is 19.9 Å². The fourth-order valence-corrected chi connectivity index (χ4v) is 3.25. The summed E-state index contributed by atoms with van der Waals surface area (Å²) in [7, 11) is 3.98. The minimum absolute atomic E-state index is 1.01. The quantitative estimate of drug-likeness (QED) is 0.891. The standard InChI is InChI=1S/C17H28N4O/c1-19-9-11-20(12-10-19)14-15-3-4-16(17(13-15)22-2)21-7-5-18-6-8-21/h3-4,13,18H,5-12,14H2,1-2H3.